The smallest absolute Gasteiger partial charge is 0.325 e. The van der Waals surface area contributed by atoms with Gasteiger partial charge in [0.15, 0.2) is 0 Å². The van der Waals surface area contributed by atoms with Gasteiger partial charge in [-0.05, 0) is 37.8 Å². The molecule has 0 saturated heterocycles. The largest absolute Gasteiger partial charge is 0.465 e. The molecule has 1 aliphatic rings. The lowest BCUT2D eigenvalue weighted by Gasteiger charge is -2.22. The van der Waals surface area contributed by atoms with Gasteiger partial charge in [0.05, 0.1) is 18.1 Å². The number of nitrogens with zero attached hydrogens (tertiary/aromatic N) is 2. The summed E-state index contributed by atoms with van der Waals surface area (Å²) in [6, 6.07) is 4.26. The Morgan fingerprint density at radius 2 is 2.11 bits per heavy atom. The molecule has 1 fully saturated rings. The minimum atomic E-state index is -0.539. The summed E-state index contributed by atoms with van der Waals surface area (Å²) >= 11 is 0. The first-order valence-electron chi connectivity index (χ1n) is 8.92. The lowest BCUT2D eigenvalue weighted by atomic mass is 10.1. The first-order chi connectivity index (χ1) is 13.0. The lowest BCUT2D eigenvalue weighted by Crippen LogP contribution is -2.38. The number of nitro benzene ring substituents is 1. The maximum absolute atomic E-state index is 12.8. The molecular weight excluding hydrogens is 354 g/mol. The number of rotatable bonds is 11. The van der Waals surface area contributed by atoms with Gasteiger partial charge in [0.1, 0.15) is 12.2 Å². The second-order valence-electron chi connectivity index (χ2n) is 6.34. The lowest BCUT2D eigenvalue weighted by molar-refractivity contribution is -0.384. The van der Waals surface area contributed by atoms with Gasteiger partial charge in [0, 0.05) is 31.8 Å². The highest BCUT2D eigenvalue weighted by atomic mass is 16.6. The number of hydrogen-bond acceptors (Lipinski definition) is 7. The molecule has 1 aliphatic carbocycles. The second-order valence-corrected chi connectivity index (χ2v) is 6.34. The molecule has 0 radical (unpaired) electrons. The number of nitro groups is 1. The van der Waals surface area contributed by atoms with Crippen LogP contribution in [0.4, 0.5) is 11.4 Å². The van der Waals surface area contributed by atoms with Crippen molar-refractivity contribution in [3.05, 3.63) is 33.9 Å². The fourth-order valence-corrected chi connectivity index (χ4v) is 2.63. The van der Waals surface area contributed by atoms with Gasteiger partial charge >= 0.3 is 5.97 Å². The van der Waals surface area contributed by atoms with E-state index in [9.17, 15) is 19.7 Å². The van der Waals surface area contributed by atoms with Crippen molar-refractivity contribution in [2.45, 2.75) is 19.8 Å². The molecule has 1 aromatic rings. The van der Waals surface area contributed by atoms with E-state index < -0.39 is 16.8 Å². The predicted molar refractivity (Wildman–Crippen MR) is 98.7 cm³/mol. The average molecular weight is 379 g/mol. The van der Waals surface area contributed by atoms with Crippen LogP contribution in [0.25, 0.3) is 0 Å². The summed E-state index contributed by atoms with van der Waals surface area (Å²) in [7, 11) is 1.54. The third kappa shape index (κ3) is 6.21. The first kappa shape index (κ1) is 20.6. The van der Waals surface area contributed by atoms with Gasteiger partial charge in [-0.25, -0.2) is 0 Å². The number of carbonyl (C=O) groups excluding carboxylic acids is 2. The number of hydrogen-bond donors (Lipinski definition) is 1. The number of ether oxygens (including phenoxy) is 2. The van der Waals surface area contributed by atoms with Crippen LogP contribution >= 0.6 is 0 Å². The third-order valence-electron chi connectivity index (χ3n) is 4.15. The van der Waals surface area contributed by atoms with Crippen molar-refractivity contribution in [3.8, 4) is 0 Å². The Morgan fingerprint density at radius 3 is 2.70 bits per heavy atom. The molecule has 0 aromatic heterocycles. The van der Waals surface area contributed by atoms with Crippen molar-refractivity contribution in [2.24, 2.45) is 5.92 Å². The number of esters is 1. The van der Waals surface area contributed by atoms with E-state index in [-0.39, 0.29) is 24.4 Å². The number of benzene rings is 1. The fourth-order valence-electron chi connectivity index (χ4n) is 2.63. The molecule has 0 heterocycles. The molecule has 1 aromatic carbocycles. The van der Waals surface area contributed by atoms with Crippen LogP contribution in [0.1, 0.15) is 30.1 Å². The van der Waals surface area contributed by atoms with Gasteiger partial charge in [-0.15, -0.1) is 0 Å². The van der Waals surface area contributed by atoms with Crippen molar-refractivity contribution in [1.29, 1.82) is 0 Å². The minimum Gasteiger partial charge on any atom is -0.465 e. The van der Waals surface area contributed by atoms with Crippen LogP contribution < -0.4 is 5.32 Å². The summed E-state index contributed by atoms with van der Waals surface area (Å²) < 4.78 is 9.85. The van der Waals surface area contributed by atoms with Crippen molar-refractivity contribution < 1.29 is 24.0 Å². The normalized spacial score (nSPS) is 13.1. The quantitative estimate of drug-likeness (QED) is 0.271. The van der Waals surface area contributed by atoms with Crippen LogP contribution in [0.3, 0.4) is 0 Å². The van der Waals surface area contributed by atoms with Crippen LogP contribution in [0.5, 0.6) is 0 Å². The molecule has 0 atom stereocenters. The Balaban J connectivity index is 2.19. The molecule has 1 N–H and O–H groups in total. The van der Waals surface area contributed by atoms with Crippen LogP contribution in [-0.2, 0) is 14.3 Å². The maximum atomic E-state index is 12.8. The minimum absolute atomic E-state index is 0.162. The van der Waals surface area contributed by atoms with E-state index in [2.05, 4.69) is 5.32 Å². The Labute approximate surface area is 157 Å². The summed E-state index contributed by atoms with van der Waals surface area (Å²) in [6.07, 6.45) is 2.02. The number of methoxy groups -OCH3 is 1. The molecule has 148 valence electrons. The van der Waals surface area contributed by atoms with E-state index in [4.69, 9.17) is 9.47 Å². The molecule has 0 unspecified atom stereocenters. The average Bonchev–Trinajstić information content (AvgIpc) is 3.45. The van der Waals surface area contributed by atoms with Crippen molar-refractivity contribution in [1.82, 2.24) is 4.90 Å². The van der Waals surface area contributed by atoms with Gasteiger partial charge in [-0.2, -0.15) is 0 Å². The number of amides is 1. The predicted octanol–water partition coefficient (Wildman–Crippen LogP) is 2.07. The molecule has 9 nitrogen and oxygen atoms in total. The molecule has 1 amide bonds. The standard InChI is InChI=1S/C18H25N3O6/c1-3-27-17(22)12-20(11-13-4-5-13)18(23)14-6-7-15(19-8-9-26-2)16(10-14)21(24)25/h6-7,10,13,19H,3-5,8-9,11-12H2,1-2H3. The number of nitrogens with one attached hydrogen (secondary N) is 1. The van der Waals surface area contributed by atoms with Gasteiger partial charge in [-0.3, -0.25) is 19.7 Å². The van der Waals surface area contributed by atoms with Crippen LogP contribution in [0, 0.1) is 16.0 Å². The van der Waals surface area contributed by atoms with E-state index in [1.54, 1.807) is 6.92 Å². The Morgan fingerprint density at radius 1 is 1.37 bits per heavy atom. The summed E-state index contributed by atoms with van der Waals surface area (Å²) in [4.78, 5) is 36.9. The van der Waals surface area contributed by atoms with Crippen molar-refractivity contribution >= 4 is 23.3 Å². The van der Waals surface area contributed by atoms with Gasteiger partial charge in [0.2, 0.25) is 0 Å². The molecule has 1 saturated carbocycles. The molecule has 0 bridgehead atoms. The van der Waals surface area contributed by atoms with E-state index in [1.165, 1.54) is 30.2 Å². The van der Waals surface area contributed by atoms with Crippen molar-refractivity contribution in [3.63, 3.8) is 0 Å². The van der Waals surface area contributed by atoms with Gasteiger partial charge in [0.25, 0.3) is 11.6 Å². The maximum Gasteiger partial charge on any atom is 0.325 e. The summed E-state index contributed by atoms with van der Waals surface area (Å²) in [5.41, 5.74) is 0.288. The highest BCUT2D eigenvalue weighted by molar-refractivity contribution is 5.97. The zero-order valence-electron chi connectivity index (χ0n) is 15.6. The van der Waals surface area contributed by atoms with E-state index in [0.717, 1.165) is 12.8 Å². The Kier molecular flexibility index (Phi) is 7.54. The summed E-state index contributed by atoms with van der Waals surface area (Å²) in [6.45, 7) is 3.01. The molecule has 2 rings (SSSR count). The molecule has 27 heavy (non-hydrogen) atoms. The van der Waals surface area contributed by atoms with Crippen LogP contribution in [0.15, 0.2) is 18.2 Å². The molecule has 9 heteroatoms. The van der Waals surface area contributed by atoms with E-state index in [0.29, 0.717) is 31.3 Å². The van der Waals surface area contributed by atoms with Crippen LogP contribution in [0.2, 0.25) is 0 Å². The Bertz CT molecular complexity index is 690. The van der Waals surface area contributed by atoms with Crippen LogP contribution in [-0.4, -0.2) is 61.7 Å². The third-order valence-corrected chi connectivity index (χ3v) is 4.15. The SMILES string of the molecule is CCOC(=O)CN(CC1CC1)C(=O)c1ccc(NCCOC)c([N+](=O)[O-])c1. The Hall–Kier alpha value is -2.68. The molecule has 0 spiro atoms. The monoisotopic (exact) mass is 379 g/mol. The van der Waals surface area contributed by atoms with E-state index in [1.807, 2.05) is 0 Å². The second kappa shape index (κ2) is 9.86. The van der Waals surface area contributed by atoms with Gasteiger partial charge in [-0.1, -0.05) is 0 Å². The molecular formula is C18H25N3O6. The van der Waals surface area contributed by atoms with Gasteiger partial charge < -0.3 is 19.7 Å². The number of anilines is 1. The fraction of sp³-hybridized carbons (Fsp3) is 0.556. The molecule has 0 aliphatic heterocycles. The highest BCUT2D eigenvalue weighted by Crippen LogP contribution is 2.31. The zero-order valence-corrected chi connectivity index (χ0v) is 15.6. The first-order valence-corrected chi connectivity index (χ1v) is 8.92. The number of carbonyl (C=O) groups is 2. The summed E-state index contributed by atoms with van der Waals surface area (Å²) in [5, 5.41) is 14.3. The zero-order chi connectivity index (χ0) is 19.8. The topological polar surface area (TPSA) is 111 Å². The summed E-state index contributed by atoms with van der Waals surface area (Å²) in [5.74, 6) is -0.534. The highest BCUT2D eigenvalue weighted by Gasteiger charge is 2.29. The van der Waals surface area contributed by atoms with E-state index >= 15 is 0 Å². The van der Waals surface area contributed by atoms with Crippen molar-refractivity contribution in [2.75, 3.05) is 45.3 Å².